The summed E-state index contributed by atoms with van der Waals surface area (Å²) in [5, 5.41) is 3.65. The maximum atomic E-state index is 12.8. The third kappa shape index (κ3) is 3.17. The molecule has 5 nitrogen and oxygen atoms in total. The van der Waals surface area contributed by atoms with Crippen LogP contribution in [-0.4, -0.2) is 22.0 Å². The molecule has 4 rings (SSSR count). The van der Waals surface area contributed by atoms with Gasteiger partial charge in [-0.25, -0.2) is 4.98 Å². The molecule has 134 valence electrons. The Morgan fingerprint density at radius 2 is 2.12 bits per heavy atom. The predicted octanol–water partition coefficient (Wildman–Crippen LogP) is 2.87. The largest absolute Gasteiger partial charge is 0.354 e. The molecule has 0 radical (unpaired) electrons. The summed E-state index contributed by atoms with van der Waals surface area (Å²) in [5.41, 5.74) is 2.23. The molecule has 3 aromatic rings. The molecule has 0 bridgehead atoms. The van der Waals surface area contributed by atoms with Crippen LogP contribution in [0.5, 0.6) is 0 Å². The summed E-state index contributed by atoms with van der Waals surface area (Å²) in [4.78, 5) is 31.6. The van der Waals surface area contributed by atoms with E-state index in [2.05, 4.69) is 29.4 Å². The zero-order chi connectivity index (χ0) is 18.1. The molecule has 6 heteroatoms. The Balaban J connectivity index is 1.46. The van der Waals surface area contributed by atoms with Gasteiger partial charge in [-0.2, -0.15) is 0 Å². The zero-order valence-corrected chi connectivity index (χ0v) is 15.5. The van der Waals surface area contributed by atoms with Crippen molar-refractivity contribution in [3.63, 3.8) is 0 Å². The Kier molecular flexibility index (Phi) is 4.59. The monoisotopic (exact) mass is 367 g/mol. The molecule has 0 spiro atoms. The second-order valence-electron chi connectivity index (χ2n) is 6.83. The highest BCUT2D eigenvalue weighted by atomic mass is 32.1. The lowest BCUT2D eigenvalue weighted by atomic mass is 10.0. The number of hydrogen-bond acceptors (Lipinski definition) is 4. The Bertz CT molecular complexity index is 1010. The van der Waals surface area contributed by atoms with E-state index in [-0.39, 0.29) is 23.9 Å². The van der Waals surface area contributed by atoms with Crippen molar-refractivity contribution in [2.45, 2.75) is 38.6 Å². The van der Waals surface area contributed by atoms with Crippen LogP contribution in [-0.2, 0) is 24.2 Å². The number of nitrogens with zero attached hydrogens (tertiary/aromatic N) is 2. The molecule has 0 aliphatic heterocycles. The molecule has 1 aromatic carbocycles. The first-order valence-corrected chi connectivity index (χ1v) is 9.76. The molecule has 2 heterocycles. The van der Waals surface area contributed by atoms with Crippen LogP contribution in [0.25, 0.3) is 10.2 Å². The minimum absolute atomic E-state index is 0.00784. The number of carbonyl (C=O) groups is 1. The molecule has 1 N–H and O–H groups in total. The topological polar surface area (TPSA) is 64.0 Å². The van der Waals surface area contributed by atoms with Crippen molar-refractivity contribution in [3.05, 3.63) is 63.0 Å². The third-order valence-electron chi connectivity index (χ3n) is 4.98. The highest BCUT2D eigenvalue weighted by Crippen LogP contribution is 2.34. The third-order valence-corrected chi connectivity index (χ3v) is 6.18. The van der Waals surface area contributed by atoms with Crippen LogP contribution in [0, 0.1) is 0 Å². The number of hydrogen-bond donors (Lipinski definition) is 1. The summed E-state index contributed by atoms with van der Waals surface area (Å²) in [6, 6.07) is 10.1. The van der Waals surface area contributed by atoms with Crippen molar-refractivity contribution in [1.29, 1.82) is 0 Å². The quantitative estimate of drug-likeness (QED) is 0.754. The number of fused-ring (bicyclic) bond motifs is 3. The van der Waals surface area contributed by atoms with Crippen LogP contribution in [0.3, 0.4) is 0 Å². The summed E-state index contributed by atoms with van der Waals surface area (Å²) in [7, 11) is 0. The second kappa shape index (κ2) is 7.03. The molecule has 1 atom stereocenters. The van der Waals surface area contributed by atoms with Gasteiger partial charge in [0.1, 0.15) is 11.4 Å². The van der Waals surface area contributed by atoms with Gasteiger partial charge in [0.15, 0.2) is 0 Å². The van der Waals surface area contributed by atoms with Gasteiger partial charge in [0, 0.05) is 11.4 Å². The number of carbonyl (C=O) groups excluding carboxylic acids is 1. The van der Waals surface area contributed by atoms with Crippen molar-refractivity contribution < 1.29 is 4.79 Å². The highest BCUT2D eigenvalue weighted by Gasteiger charge is 2.21. The van der Waals surface area contributed by atoms with Crippen molar-refractivity contribution in [3.8, 4) is 0 Å². The van der Waals surface area contributed by atoms with Gasteiger partial charge in [-0.3, -0.25) is 14.2 Å². The van der Waals surface area contributed by atoms with E-state index in [1.54, 1.807) is 11.3 Å². The lowest BCUT2D eigenvalue weighted by Crippen LogP contribution is -2.34. The number of thiophene rings is 1. The minimum Gasteiger partial charge on any atom is -0.354 e. The van der Waals surface area contributed by atoms with E-state index in [1.807, 2.05) is 18.2 Å². The molecule has 0 saturated carbocycles. The normalized spacial score (nSPS) is 14.3. The molecule has 1 aliphatic carbocycles. The first-order chi connectivity index (χ1) is 12.6. The van der Waals surface area contributed by atoms with Crippen LogP contribution in [0.2, 0.25) is 0 Å². The van der Waals surface area contributed by atoms with E-state index in [9.17, 15) is 9.59 Å². The first-order valence-electron chi connectivity index (χ1n) is 8.95. The van der Waals surface area contributed by atoms with Crippen LogP contribution in [0.4, 0.5) is 0 Å². The Labute approximate surface area is 155 Å². The zero-order valence-electron chi connectivity index (χ0n) is 14.7. The lowest BCUT2D eigenvalue weighted by Gasteiger charge is -2.13. The summed E-state index contributed by atoms with van der Waals surface area (Å²) in [6.07, 6.45) is 4.57. The van der Waals surface area contributed by atoms with E-state index < -0.39 is 0 Å². The Morgan fingerprint density at radius 1 is 1.31 bits per heavy atom. The van der Waals surface area contributed by atoms with Crippen LogP contribution in [0.1, 0.15) is 35.3 Å². The van der Waals surface area contributed by atoms with Gasteiger partial charge in [-0.15, -0.1) is 11.3 Å². The summed E-state index contributed by atoms with van der Waals surface area (Å²) < 4.78 is 1.43. The maximum absolute atomic E-state index is 12.8. The molecule has 0 fully saturated rings. The van der Waals surface area contributed by atoms with Gasteiger partial charge in [-0.05, 0) is 36.3 Å². The lowest BCUT2D eigenvalue weighted by molar-refractivity contribution is -0.121. The number of nitrogens with one attached hydrogen (secondary N) is 1. The summed E-state index contributed by atoms with van der Waals surface area (Å²) in [5.74, 6) is 0.0560. The summed E-state index contributed by atoms with van der Waals surface area (Å²) >= 11 is 1.61. The highest BCUT2D eigenvalue weighted by molar-refractivity contribution is 7.18. The average molecular weight is 367 g/mol. The van der Waals surface area contributed by atoms with Crippen molar-refractivity contribution in [1.82, 2.24) is 14.9 Å². The first kappa shape index (κ1) is 17.0. The van der Waals surface area contributed by atoms with Crippen molar-refractivity contribution >= 4 is 27.5 Å². The van der Waals surface area contributed by atoms with Crippen molar-refractivity contribution in [2.75, 3.05) is 6.54 Å². The van der Waals surface area contributed by atoms with Crippen molar-refractivity contribution in [2.24, 2.45) is 0 Å². The SMILES string of the molecule is C[C@@H](CNC(=O)Cn1cnc2sc3c(c2c1=O)CCC3)c1ccccc1. The van der Waals surface area contributed by atoms with E-state index in [4.69, 9.17) is 0 Å². The Hall–Kier alpha value is -2.47. The molecule has 26 heavy (non-hydrogen) atoms. The predicted molar refractivity (Wildman–Crippen MR) is 104 cm³/mol. The van der Waals surface area contributed by atoms with E-state index in [1.165, 1.54) is 21.3 Å². The number of aryl methyl sites for hydroxylation is 2. The van der Waals surface area contributed by atoms with Crippen LogP contribution < -0.4 is 10.9 Å². The Morgan fingerprint density at radius 3 is 2.92 bits per heavy atom. The molecule has 1 aliphatic rings. The van der Waals surface area contributed by atoms with E-state index in [0.29, 0.717) is 6.54 Å². The van der Waals surface area contributed by atoms with Gasteiger partial charge in [0.25, 0.3) is 5.56 Å². The number of amides is 1. The number of benzene rings is 1. The van der Waals surface area contributed by atoms with Gasteiger partial charge >= 0.3 is 0 Å². The van der Waals surface area contributed by atoms with Gasteiger partial charge < -0.3 is 5.32 Å². The molecular weight excluding hydrogens is 346 g/mol. The van der Waals surface area contributed by atoms with Crippen LogP contribution >= 0.6 is 11.3 Å². The second-order valence-corrected chi connectivity index (χ2v) is 7.91. The number of aromatic nitrogens is 2. The van der Waals surface area contributed by atoms with E-state index >= 15 is 0 Å². The van der Waals surface area contributed by atoms with Gasteiger partial charge in [-0.1, -0.05) is 37.3 Å². The molecule has 0 unspecified atom stereocenters. The van der Waals surface area contributed by atoms with Gasteiger partial charge in [0.05, 0.1) is 11.7 Å². The smallest absolute Gasteiger partial charge is 0.262 e. The van der Waals surface area contributed by atoms with Crippen LogP contribution in [0.15, 0.2) is 41.5 Å². The average Bonchev–Trinajstić information content (AvgIpc) is 3.24. The maximum Gasteiger partial charge on any atom is 0.262 e. The fourth-order valence-electron chi connectivity index (χ4n) is 3.51. The molecule has 0 saturated heterocycles. The number of rotatable bonds is 5. The standard InChI is InChI=1S/C20H21N3O2S/c1-13(14-6-3-2-4-7-14)10-21-17(24)11-23-12-22-19-18(20(23)25)15-8-5-9-16(15)26-19/h2-4,6-7,12-13H,5,8-11H2,1H3,(H,21,24)/t13-/m0/s1. The molecular formula is C20H21N3O2S. The minimum atomic E-state index is -0.164. The van der Waals surface area contributed by atoms with Gasteiger partial charge in [0.2, 0.25) is 5.91 Å². The summed E-state index contributed by atoms with van der Waals surface area (Å²) in [6.45, 7) is 2.62. The fraction of sp³-hybridized carbons (Fsp3) is 0.350. The van der Waals surface area contributed by atoms with E-state index in [0.717, 1.165) is 35.0 Å². The molecule has 2 aromatic heterocycles. The fourth-order valence-corrected chi connectivity index (χ4v) is 4.73. The molecule has 1 amide bonds.